The van der Waals surface area contributed by atoms with Gasteiger partial charge < -0.3 is 5.32 Å². The maximum atomic E-state index is 4.65. The summed E-state index contributed by atoms with van der Waals surface area (Å²) in [5.41, 5.74) is 4.51. The summed E-state index contributed by atoms with van der Waals surface area (Å²) < 4.78 is 0. The number of aliphatic imine (C=N–C) groups is 2. The van der Waals surface area contributed by atoms with E-state index in [2.05, 4.69) is 51.1 Å². The highest BCUT2D eigenvalue weighted by atomic mass is 32.1. The summed E-state index contributed by atoms with van der Waals surface area (Å²) in [6, 6.07) is 4.12. The predicted octanol–water partition coefficient (Wildman–Crippen LogP) is 5.63. The van der Waals surface area contributed by atoms with Crippen LogP contribution >= 0.6 is 11.3 Å². The van der Waals surface area contributed by atoms with Crippen LogP contribution in [0, 0.1) is 5.92 Å². The molecule has 1 atom stereocenters. The van der Waals surface area contributed by atoms with Crippen LogP contribution in [0.15, 0.2) is 74.8 Å². The highest BCUT2D eigenvalue weighted by molar-refractivity contribution is 7.14. The predicted molar refractivity (Wildman–Crippen MR) is 108 cm³/mol. The SMILES string of the molecule is C/C=C(\C=NCC)C1=CN=C2C(Nc3cccs3)=CC=CC12.CC. The van der Waals surface area contributed by atoms with Gasteiger partial charge in [-0.2, -0.15) is 0 Å². The molecule has 24 heavy (non-hydrogen) atoms. The Morgan fingerprint density at radius 3 is 2.92 bits per heavy atom. The molecule has 1 aromatic rings. The molecule has 3 nitrogen and oxygen atoms in total. The second-order valence-electron chi connectivity index (χ2n) is 5.02. The lowest BCUT2D eigenvalue weighted by Crippen LogP contribution is -2.21. The molecule has 0 aromatic carbocycles. The summed E-state index contributed by atoms with van der Waals surface area (Å²) in [7, 11) is 0. The number of nitrogens with one attached hydrogen (secondary N) is 1. The number of rotatable bonds is 5. The van der Waals surface area contributed by atoms with Crippen molar-refractivity contribution in [3.63, 3.8) is 0 Å². The molecule has 0 amide bonds. The van der Waals surface area contributed by atoms with Crippen LogP contribution in [-0.4, -0.2) is 18.5 Å². The molecule has 2 heterocycles. The van der Waals surface area contributed by atoms with Crippen molar-refractivity contribution in [2.45, 2.75) is 27.7 Å². The van der Waals surface area contributed by atoms with E-state index in [0.717, 1.165) is 28.5 Å². The van der Waals surface area contributed by atoms with Crippen molar-refractivity contribution >= 4 is 28.3 Å². The van der Waals surface area contributed by atoms with Gasteiger partial charge in [0.15, 0.2) is 0 Å². The summed E-state index contributed by atoms with van der Waals surface area (Å²) in [6.07, 6.45) is 12.4. The van der Waals surface area contributed by atoms with E-state index in [9.17, 15) is 0 Å². The average molecular weight is 340 g/mol. The van der Waals surface area contributed by atoms with E-state index < -0.39 is 0 Å². The van der Waals surface area contributed by atoms with E-state index in [0.29, 0.717) is 0 Å². The van der Waals surface area contributed by atoms with Gasteiger partial charge in [-0.25, -0.2) is 0 Å². The quantitative estimate of drug-likeness (QED) is 0.693. The molecule has 1 aliphatic carbocycles. The van der Waals surface area contributed by atoms with Crippen LogP contribution in [0.3, 0.4) is 0 Å². The molecule has 1 aliphatic heterocycles. The van der Waals surface area contributed by atoms with Gasteiger partial charge in [0.25, 0.3) is 0 Å². The highest BCUT2D eigenvalue weighted by Gasteiger charge is 2.28. The summed E-state index contributed by atoms with van der Waals surface area (Å²) in [4.78, 5) is 9.02. The zero-order valence-electron chi connectivity index (χ0n) is 14.8. The lowest BCUT2D eigenvalue weighted by Gasteiger charge is -2.20. The van der Waals surface area contributed by atoms with E-state index in [1.165, 1.54) is 5.57 Å². The molecule has 0 bridgehead atoms. The fourth-order valence-corrected chi connectivity index (χ4v) is 3.20. The van der Waals surface area contributed by atoms with Crippen molar-refractivity contribution in [3.8, 4) is 0 Å². The Hall–Kier alpha value is -2.20. The van der Waals surface area contributed by atoms with Crippen molar-refractivity contribution in [1.82, 2.24) is 0 Å². The zero-order chi connectivity index (χ0) is 17.4. The number of hydrogen-bond donors (Lipinski definition) is 1. The first-order chi connectivity index (χ1) is 11.8. The van der Waals surface area contributed by atoms with E-state index in [-0.39, 0.29) is 5.92 Å². The third kappa shape index (κ3) is 4.01. The topological polar surface area (TPSA) is 36.8 Å². The number of allylic oxidation sites excluding steroid dienone is 7. The molecule has 3 rings (SSSR count). The fourth-order valence-electron chi connectivity index (χ4n) is 2.57. The minimum absolute atomic E-state index is 0.210. The Labute approximate surface area is 148 Å². The Kier molecular flexibility index (Phi) is 6.94. The largest absolute Gasteiger partial charge is 0.346 e. The lowest BCUT2D eigenvalue weighted by molar-refractivity contribution is 1.06. The fraction of sp³-hybridized carbons (Fsp3) is 0.300. The minimum atomic E-state index is 0.210. The maximum absolute atomic E-state index is 4.65. The normalized spacial score (nSPS) is 19.2. The summed E-state index contributed by atoms with van der Waals surface area (Å²) >= 11 is 1.69. The van der Waals surface area contributed by atoms with Gasteiger partial charge in [-0.05, 0) is 48.6 Å². The molecule has 1 N–H and O–H groups in total. The third-order valence-electron chi connectivity index (χ3n) is 3.65. The van der Waals surface area contributed by atoms with E-state index >= 15 is 0 Å². The number of nitrogens with zero attached hydrogens (tertiary/aromatic N) is 2. The molecule has 2 aliphatic rings. The van der Waals surface area contributed by atoms with Crippen LogP contribution in [0.25, 0.3) is 0 Å². The Morgan fingerprint density at radius 2 is 2.25 bits per heavy atom. The molecule has 0 saturated carbocycles. The molecule has 1 aromatic heterocycles. The number of fused-ring (bicyclic) bond motifs is 1. The van der Waals surface area contributed by atoms with Gasteiger partial charge >= 0.3 is 0 Å². The molecule has 4 heteroatoms. The minimum Gasteiger partial charge on any atom is -0.346 e. The van der Waals surface area contributed by atoms with Crippen LogP contribution in [0.2, 0.25) is 0 Å². The van der Waals surface area contributed by atoms with E-state index in [1.54, 1.807) is 11.3 Å². The van der Waals surface area contributed by atoms with Gasteiger partial charge in [-0.15, -0.1) is 11.3 Å². The highest BCUT2D eigenvalue weighted by Crippen LogP contribution is 2.33. The monoisotopic (exact) mass is 339 g/mol. The first-order valence-corrected chi connectivity index (χ1v) is 9.35. The van der Waals surface area contributed by atoms with E-state index in [1.807, 2.05) is 46.2 Å². The van der Waals surface area contributed by atoms with Crippen molar-refractivity contribution in [3.05, 3.63) is 64.9 Å². The number of thiophene rings is 1. The molecule has 1 unspecified atom stereocenters. The smallest absolute Gasteiger partial charge is 0.0927 e. The Bertz CT molecular complexity index is 716. The number of anilines is 1. The summed E-state index contributed by atoms with van der Waals surface area (Å²) in [5.74, 6) is 0.210. The second kappa shape index (κ2) is 9.18. The van der Waals surface area contributed by atoms with Crippen LogP contribution in [0.4, 0.5) is 5.00 Å². The standard InChI is InChI=1S/C18H19N3S.C2H6/c1-3-13(11-19-4-2)15-12-20-18-14(15)7-5-8-16(18)21-17-9-6-10-22-17;1-2/h3,5-12,14,21H,4H2,1-2H3;1-2H3/b13-3+,19-11?;. The molecule has 0 fully saturated rings. The lowest BCUT2D eigenvalue weighted by atomic mass is 9.87. The van der Waals surface area contributed by atoms with Crippen LogP contribution in [-0.2, 0) is 0 Å². The van der Waals surface area contributed by atoms with Crippen molar-refractivity contribution in [1.29, 1.82) is 0 Å². The first kappa shape index (κ1) is 18.1. The first-order valence-electron chi connectivity index (χ1n) is 8.47. The van der Waals surface area contributed by atoms with Crippen molar-refractivity contribution < 1.29 is 0 Å². The van der Waals surface area contributed by atoms with Crippen LogP contribution in [0.5, 0.6) is 0 Å². The van der Waals surface area contributed by atoms with Crippen LogP contribution < -0.4 is 5.32 Å². The molecule has 126 valence electrons. The molecule has 0 spiro atoms. The number of hydrogen-bond acceptors (Lipinski definition) is 4. The third-order valence-corrected chi connectivity index (χ3v) is 4.44. The average Bonchev–Trinajstić information content (AvgIpc) is 3.28. The van der Waals surface area contributed by atoms with Gasteiger partial charge in [0, 0.05) is 24.9 Å². The summed E-state index contributed by atoms with van der Waals surface area (Å²) in [6.45, 7) is 8.88. The Morgan fingerprint density at radius 1 is 1.42 bits per heavy atom. The van der Waals surface area contributed by atoms with Gasteiger partial charge in [-0.3, -0.25) is 9.98 Å². The van der Waals surface area contributed by atoms with Gasteiger partial charge in [0.1, 0.15) is 0 Å². The second-order valence-corrected chi connectivity index (χ2v) is 5.96. The summed E-state index contributed by atoms with van der Waals surface area (Å²) in [5, 5.41) is 6.67. The molecular formula is C20H25N3S. The van der Waals surface area contributed by atoms with Crippen molar-refractivity contribution in [2.24, 2.45) is 15.9 Å². The molecule has 0 saturated heterocycles. The Balaban J connectivity index is 0.00000100. The van der Waals surface area contributed by atoms with E-state index in [4.69, 9.17) is 0 Å². The maximum Gasteiger partial charge on any atom is 0.0927 e. The van der Waals surface area contributed by atoms with Gasteiger partial charge in [0.2, 0.25) is 0 Å². The zero-order valence-corrected chi connectivity index (χ0v) is 15.6. The molecule has 0 radical (unpaired) electrons. The van der Waals surface area contributed by atoms with Gasteiger partial charge in [0.05, 0.1) is 16.4 Å². The van der Waals surface area contributed by atoms with Crippen molar-refractivity contribution in [2.75, 3.05) is 11.9 Å². The van der Waals surface area contributed by atoms with Crippen LogP contribution in [0.1, 0.15) is 27.7 Å². The van der Waals surface area contributed by atoms with Gasteiger partial charge in [-0.1, -0.05) is 32.1 Å². The molecular weight excluding hydrogens is 314 g/mol.